The lowest BCUT2D eigenvalue weighted by Gasteiger charge is -2.26. The van der Waals surface area contributed by atoms with Gasteiger partial charge >= 0.3 is 11.9 Å². The third-order valence-electron chi connectivity index (χ3n) is 5.01. The van der Waals surface area contributed by atoms with Crippen LogP contribution < -0.4 is 10.1 Å². The zero-order chi connectivity index (χ0) is 22.4. The molecule has 0 fully saturated rings. The summed E-state index contributed by atoms with van der Waals surface area (Å²) in [7, 11) is 0. The van der Waals surface area contributed by atoms with E-state index < -0.39 is 30.0 Å². The van der Waals surface area contributed by atoms with Crippen LogP contribution in [0.1, 0.15) is 39.6 Å². The highest BCUT2D eigenvalue weighted by molar-refractivity contribution is 7.98. The third kappa shape index (κ3) is 5.79. The molecule has 7 nitrogen and oxygen atoms in total. The summed E-state index contributed by atoms with van der Waals surface area (Å²) in [6.07, 6.45) is 2.17. The number of thioether (sulfide) groups is 1. The van der Waals surface area contributed by atoms with Gasteiger partial charge in [0.1, 0.15) is 17.9 Å². The number of rotatable bonds is 9. The second-order valence-electron chi connectivity index (χ2n) is 7.32. The fourth-order valence-corrected chi connectivity index (χ4v) is 3.90. The highest BCUT2D eigenvalue weighted by Crippen LogP contribution is 2.35. The average molecular weight is 444 g/mol. The van der Waals surface area contributed by atoms with Crippen LogP contribution in [0.5, 0.6) is 5.75 Å². The normalized spacial score (nSPS) is 16.1. The summed E-state index contributed by atoms with van der Waals surface area (Å²) >= 11 is 1.51. The summed E-state index contributed by atoms with van der Waals surface area (Å²) in [6.45, 7) is 1.58. The van der Waals surface area contributed by atoms with Crippen LogP contribution in [-0.2, 0) is 20.7 Å². The largest absolute Gasteiger partial charge is 0.483 e. The molecule has 0 spiro atoms. The molecule has 0 bridgehead atoms. The van der Waals surface area contributed by atoms with Crippen LogP contribution in [-0.4, -0.2) is 47.6 Å². The first-order valence-corrected chi connectivity index (χ1v) is 11.3. The Bertz CT molecular complexity index is 976. The number of amides is 1. The number of nitrogens with one attached hydrogen (secondary N) is 1. The number of carbonyl (C=O) groups excluding carboxylic acids is 2. The zero-order valence-corrected chi connectivity index (χ0v) is 18.2. The van der Waals surface area contributed by atoms with Crippen molar-refractivity contribution in [1.29, 1.82) is 0 Å². The zero-order valence-electron chi connectivity index (χ0n) is 17.4. The Kier molecular flexibility index (Phi) is 7.57. The molecule has 2 aromatic rings. The summed E-state index contributed by atoms with van der Waals surface area (Å²) in [5.41, 5.74) is 3.09. The van der Waals surface area contributed by atoms with Gasteiger partial charge in [-0.05, 0) is 49.1 Å². The highest BCUT2D eigenvalue weighted by atomic mass is 32.2. The minimum absolute atomic E-state index is 0.329. The summed E-state index contributed by atoms with van der Waals surface area (Å²) < 4.78 is 11.4. The molecule has 2 N–H and O–H groups in total. The van der Waals surface area contributed by atoms with E-state index in [2.05, 4.69) is 5.32 Å². The molecule has 1 aliphatic heterocycles. The summed E-state index contributed by atoms with van der Waals surface area (Å²) in [4.78, 5) is 36.0. The second-order valence-corrected chi connectivity index (χ2v) is 8.31. The van der Waals surface area contributed by atoms with E-state index in [0.29, 0.717) is 35.5 Å². The molecule has 0 radical (unpaired) electrons. The van der Waals surface area contributed by atoms with Gasteiger partial charge < -0.3 is 19.9 Å². The fraction of sp³-hybridized carbons (Fsp3) is 0.348. The number of aryl methyl sites for hydroxylation is 1. The Morgan fingerprint density at radius 2 is 2.06 bits per heavy atom. The topological polar surface area (TPSA) is 102 Å². The second kappa shape index (κ2) is 10.3. The van der Waals surface area contributed by atoms with Crippen molar-refractivity contribution in [2.75, 3.05) is 18.6 Å². The van der Waals surface area contributed by atoms with Gasteiger partial charge in [0.05, 0.1) is 5.56 Å². The number of hydrogen-bond acceptors (Lipinski definition) is 6. The van der Waals surface area contributed by atoms with Crippen LogP contribution in [0.4, 0.5) is 0 Å². The van der Waals surface area contributed by atoms with Crippen LogP contribution in [0.3, 0.4) is 0 Å². The maximum Gasteiger partial charge on any atom is 0.339 e. The maximum atomic E-state index is 12.4. The third-order valence-corrected chi connectivity index (χ3v) is 5.65. The molecule has 2 aromatic carbocycles. The predicted molar refractivity (Wildman–Crippen MR) is 118 cm³/mol. The average Bonchev–Trinajstić information content (AvgIpc) is 2.75. The SMILES string of the molecule is CSCC[C@H](NC(=O)COc1ccc(C)cc1[C@H]1Cc2ccccc2C(=O)O1)C(=O)O. The van der Waals surface area contributed by atoms with Crippen LogP contribution in [0.2, 0.25) is 0 Å². The van der Waals surface area contributed by atoms with Gasteiger partial charge in [-0.15, -0.1) is 0 Å². The molecule has 0 aliphatic carbocycles. The first-order valence-electron chi connectivity index (χ1n) is 9.92. The van der Waals surface area contributed by atoms with Gasteiger partial charge in [-0.3, -0.25) is 4.79 Å². The van der Waals surface area contributed by atoms with E-state index in [-0.39, 0.29) is 6.61 Å². The molecule has 164 valence electrons. The number of ether oxygens (including phenoxy) is 2. The molecule has 31 heavy (non-hydrogen) atoms. The van der Waals surface area contributed by atoms with Crippen molar-refractivity contribution in [2.45, 2.75) is 31.9 Å². The van der Waals surface area contributed by atoms with Crippen molar-refractivity contribution in [2.24, 2.45) is 0 Å². The van der Waals surface area contributed by atoms with E-state index in [4.69, 9.17) is 9.47 Å². The number of fused-ring (bicyclic) bond motifs is 1. The summed E-state index contributed by atoms with van der Waals surface area (Å²) in [5, 5.41) is 11.8. The van der Waals surface area contributed by atoms with Gasteiger partial charge in [0.15, 0.2) is 6.61 Å². The van der Waals surface area contributed by atoms with Crippen molar-refractivity contribution in [3.05, 3.63) is 64.7 Å². The van der Waals surface area contributed by atoms with E-state index in [1.54, 1.807) is 18.2 Å². The molecule has 8 heteroatoms. The minimum atomic E-state index is -1.08. The van der Waals surface area contributed by atoms with E-state index in [0.717, 1.165) is 11.1 Å². The van der Waals surface area contributed by atoms with Gasteiger partial charge in [-0.25, -0.2) is 9.59 Å². The standard InChI is InChI=1S/C23H25NO6S/c1-14-7-8-19(29-13-21(25)24-18(22(26)27)9-10-31-2)17(11-14)20-12-15-5-3-4-6-16(15)23(28)30-20/h3-8,11,18,20H,9-10,12-13H2,1-2H3,(H,24,25)(H,26,27)/t18-,20+/m0/s1. The summed E-state index contributed by atoms with van der Waals surface area (Å²) in [6, 6.07) is 11.8. The quantitative estimate of drug-likeness (QED) is 0.574. The molecule has 1 heterocycles. The monoisotopic (exact) mass is 443 g/mol. The van der Waals surface area contributed by atoms with Crippen molar-refractivity contribution >= 4 is 29.6 Å². The van der Waals surface area contributed by atoms with Gasteiger partial charge in [-0.2, -0.15) is 11.8 Å². The molecular formula is C23H25NO6S. The number of benzene rings is 2. The molecule has 1 amide bonds. The molecule has 0 aromatic heterocycles. The Hall–Kier alpha value is -3.00. The maximum absolute atomic E-state index is 12.4. The van der Waals surface area contributed by atoms with Gasteiger partial charge in [0.2, 0.25) is 0 Å². The number of aliphatic carboxylic acids is 1. The minimum Gasteiger partial charge on any atom is -0.483 e. The molecule has 3 rings (SSSR count). The number of cyclic esters (lactones) is 1. The molecular weight excluding hydrogens is 418 g/mol. The molecule has 1 aliphatic rings. The Morgan fingerprint density at radius 1 is 1.29 bits per heavy atom. The van der Waals surface area contributed by atoms with Crippen molar-refractivity contribution in [3.8, 4) is 5.75 Å². The number of carboxylic acids is 1. The number of esters is 1. The molecule has 2 atom stereocenters. The van der Waals surface area contributed by atoms with Crippen LogP contribution >= 0.6 is 11.8 Å². The van der Waals surface area contributed by atoms with E-state index in [1.807, 2.05) is 37.4 Å². The fourth-order valence-electron chi connectivity index (χ4n) is 3.43. The van der Waals surface area contributed by atoms with Gasteiger partial charge in [0, 0.05) is 12.0 Å². The van der Waals surface area contributed by atoms with Crippen LogP contribution in [0.25, 0.3) is 0 Å². The lowest BCUT2D eigenvalue weighted by atomic mass is 9.93. The van der Waals surface area contributed by atoms with Crippen molar-refractivity contribution in [3.63, 3.8) is 0 Å². The van der Waals surface area contributed by atoms with Gasteiger partial charge in [-0.1, -0.05) is 29.8 Å². The summed E-state index contributed by atoms with van der Waals surface area (Å²) in [5.74, 6) is -0.948. The molecule has 0 unspecified atom stereocenters. The molecule has 0 saturated heterocycles. The van der Waals surface area contributed by atoms with Crippen LogP contribution in [0, 0.1) is 6.92 Å². The first kappa shape index (κ1) is 22.7. The Balaban J connectivity index is 1.72. The lowest BCUT2D eigenvalue weighted by molar-refractivity contribution is -0.142. The first-order chi connectivity index (χ1) is 14.9. The number of carboxylic acid groups (broad SMARTS) is 1. The van der Waals surface area contributed by atoms with Gasteiger partial charge in [0.25, 0.3) is 5.91 Å². The lowest BCUT2D eigenvalue weighted by Crippen LogP contribution is -2.43. The predicted octanol–water partition coefficient (Wildman–Crippen LogP) is 3.15. The van der Waals surface area contributed by atoms with Crippen molar-refractivity contribution < 1.29 is 29.0 Å². The smallest absolute Gasteiger partial charge is 0.339 e. The van der Waals surface area contributed by atoms with Crippen molar-refractivity contribution in [1.82, 2.24) is 5.32 Å². The Morgan fingerprint density at radius 3 is 2.81 bits per heavy atom. The van der Waals surface area contributed by atoms with E-state index in [9.17, 15) is 19.5 Å². The van der Waals surface area contributed by atoms with E-state index in [1.165, 1.54) is 11.8 Å². The van der Waals surface area contributed by atoms with Crippen LogP contribution in [0.15, 0.2) is 42.5 Å². The van der Waals surface area contributed by atoms with E-state index >= 15 is 0 Å². The Labute approximate surface area is 185 Å². The molecule has 0 saturated carbocycles. The number of hydrogen-bond donors (Lipinski definition) is 2. The number of carbonyl (C=O) groups is 3. The highest BCUT2D eigenvalue weighted by Gasteiger charge is 2.29.